The molecule has 6 heteroatoms. The lowest BCUT2D eigenvalue weighted by atomic mass is 10.1. The van der Waals surface area contributed by atoms with Gasteiger partial charge in [-0.15, -0.1) is 0 Å². The smallest absolute Gasteiger partial charge is 0.338 e. The van der Waals surface area contributed by atoms with Crippen LogP contribution in [0.2, 0.25) is 0 Å². The molecule has 0 saturated heterocycles. The normalized spacial score (nSPS) is 11.3. The molecule has 0 unspecified atom stereocenters. The second-order valence-corrected chi connectivity index (χ2v) is 6.00. The fourth-order valence-corrected chi connectivity index (χ4v) is 2.58. The van der Waals surface area contributed by atoms with E-state index in [1.54, 1.807) is 12.1 Å². The van der Waals surface area contributed by atoms with Crippen LogP contribution in [0.1, 0.15) is 22.8 Å². The monoisotopic (exact) mass is 358 g/mol. The number of benzene rings is 2. The lowest BCUT2D eigenvalue weighted by Crippen LogP contribution is -2.39. The number of carbonyl (C=O) groups excluding carboxylic acids is 1. The summed E-state index contributed by atoms with van der Waals surface area (Å²) in [7, 11) is 1.36. The topological polar surface area (TPSA) is 59.6 Å². The molecule has 2 N–H and O–H groups in total. The number of hydrogen-bond donors (Lipinski definition) is 2. The van der Waals surface area contributed by atoms with E-state index in [0.717, 1.165) is 17.0 Å². The van der Waals surface area contributed by atoms with Crippen molar-refractivity contribution in [1.29, 1.82) is 0 Å². The highest BCUT2D eigenvalue weighted by Gasteiger charge is 2.13. The van der Waals surface area contributed by atoms with Gasteiger partial charge in [-0.1, -0.05) is 24.3 Å². The Hall–Kier alpha value is -2.60. The average Bonchev–Trinajstić information content (AvgIpc) is 2.62. The average molecular weight is 358 g/mol. The Balaban J connectivity index is 1.90. The van der Waals surface area contributed by atoms with E-state index in [9.17, 15) is 4.79 Å². The Labute approximate surface area is 153 Å². The SMILES string of the molecule is COC(=O)c1cccc(NC(=S)N[C@H](C)COc2ccccc2)c1C. The minimum Gasteiger partial charge on any atom is -0.491 e. The van der Waals surface area contributed by atoms with Crippen molar-refractivity contribution in [3.8, 4) is 5.75 Å². The summed E-state index contributed by atoms with van der Waals surface area (Å²) in [4.78, 5) is 11.8. The highest BCUT2D eigenvalue weighted by Crippen LogP contribution is 2.19. The minimum absolute atomic E-state index is 0.0179. The number of ether oxygens (including phenoxy) is 2. The van der Waals surface area contributed by atoms with Crippen LogP contribution in [0.3, 0.4) is 0 Å². The zero-order valence-electron chi connectivity index (χ0n) is 14.5. The maximum atomic E-state index is 11.8. The minimum atomic E-state index is -0.371. The van der Waals surface area contributed by atoms with Crippen LogP contribution in [0.4, 0.5) is 5.69 Å². The van der Waals surface area contributed by atoms with E-state index in [4.69, 9.17) is 21.7 Å². The summed E-state index contributed by atoms with van der Waals surface area (Å²) in [5.41, 5.74) is 2.05. The predicted molar refractivity (Wildman–Crippen MR) is 103 cm³/mol. The molecule has 0 heterocycles. The van der Waals surface area contributed by atoms with Gasteiger partial charge in [0.15, 0.2) is 5.11 Å². The number of nitrogens with one attached hydrogen (secondary N) is 2. The molecule has 0 radical (unpaired) electrons. The number of carbonyl (C=O) groups is 1. The second kappa shape index (κ2) is 9.03. The first-order chi connectivity index (χ1) is 12.0. The fraction of sp³-hybridized carbons (Fsp3) is 0.263. The first kappa shape index (κ1) is 18.7. The number of esters is 1. The van der Waals surface area contributed by atoms with Gasteiger partial charge >= 0.3 is 5.97 Å². The Bertz CT molecular complexity index is 735. The van der Waals surface area contributed by atoms with Gasteiger partial charge < -0.3 is 20.1 Å². The predicted octanol–water partition coefficient (Wildman–Crippen LogP) is 3.54. The molecular weight excluding hydrogens is 336 g/mol. The third kappa shape index (κ3) is 5.46. The van der Waals surface area contributed by atoms with Crippen LogP contribution in [0.15, 0.2) is 48.5 Å². The van der Waals surface area contributed by atoms with Crippen molar-refractivity contribution in [2.45, 2.75) is 19.9 Å². The largest absolute Gasteiger partial charge is 0.491 e. The van der Waals surface area contributed by atoms with Crippen LogP contribution >= 0.6 is 12.2 Å². The summed E-state index contributed by atoms with van der Waals surface area (Å²) < 4.78 is 10.5. The van der Waals surface area contributed by atoms with Gasteiger partial charge in [-0.05, 0) is 55.9 Å². The number of anilines is 1. The summed E-state index contributed by atoms with van der Waals surface area (Å²) >= 11 is 5.35. The highest BCUT2D eigenvalue weighted by molar-refractivity contribution is 7.80. The molecule has 0 amide bonds. The zero-order valence-corrected chi connectivity index (χ0v) is 15.4. The Kier molecular flexibility index (Phi) is 6.77. The van der Waals surface area contributed by atoms with E-state index in [0.29, 0.717) is 17.3 Å². The summed E-state index contributed by atoms with van der Waals surface area (Å²) in [5, 5.41) is 6.75. The molecular formula is C19H22N2O3S. The fourth-order valence-electron chi connectivity index (χ4n) is 2.26. The van der Waals surface area contributed by atoms with E-state index in [1.165, 1.54) is 7.11 Å². The molecule has 0 spiro atoms. The molecule has 0 saturated carbocycles. The molecule has 2 aromatic carbocycles. The number of hydrogen-bond acceptors (Lipinski definition) is 4. The van der Waals surface area contributed by atoms with Gasteiger partial charge in [0.2, 0.25) is 0 Å². The summed E-state index contributed by atoms with van der Waals surface area (Å²) in [6.07, 6.45) is 0. The van der Waals surface area contributed by atoms with Gasteiger partial charge in [-0.2, -0.15) is 0 Å². The van der Waals surface area contributed by atoms with Crippen LogP contribution in [-0.4, -0.2) is 30.8 Å². The number of para-hydroxylation sites is 1. The summed E-state index contributed by atoms with van der Waals surface area (Å²) in [6.45, 7) is 4.31. The van der Waals surface area contributed by atoms with Crippen LogP contribution in [0.5, 0.6) is 5.75 Å². The van der Waals surface area contributed by atoms with Crippen LogP contribution in [0, 0.1) is 6.92 Å². The van der Waals surface area contributed by atoms with Crippen LogP contribution in [-0.2, 0) is 4.74 Å². The van der Waals surface area contributed by atoms with E-state index >= 15 is 0 Å². The van der Waals surface area contributed by atoms with Gasteiger partial charge in [0.25, 0.3) is 0 Å². The molecule has 0 aliphatic heterocycles. The molecule has 2 rings (SSSR count). The molecule has 0 fully saturated rings. The van der Waals surface area contributed by atoms with Crippen molar-refractivity contribution in [1.82, 2.24) is 5.32 Å². The van der Waals surface area contributed by atoms with Crippen LogP contribution < -0.4 is 15.4 Å². The van der Waals surface area contributed by atoms with Gasteiger partial charge in [0.05, 0.1) is 18.7 Å². The molecule has 5 nitrogen and oxygen atoms in total. The van der Waals surface area contributed by atoms with E-state index in [2.05, 4.69) is 10.6 Å². The first-order valence-corrected chi connectivity index (χ1v) is 8.35. The van der Waals surface area contributed by atoms with Gasteiger partial charge in [0, 0.05) is 5.69 Å². The molecule has 132 valence electrons. The van der Waals surface area contributed by atoms with E-state index in [1.807, 2.05) is 50.2 Å². The molecule has 0 aliphatic rings. The molecule has 1 atom stereocenters. The van der Waals surface area contributed by atoms with Gasteiger partial charge in [-0.25, -0.2) is 4.79 Å². The molecule has 25 heavy (non-hydrogen) atoms. The van der Waals surface area contributed by atoms with Crippen molar-refractivity contribution < 1.29 is 14.3 Å². The lowest BCUT2D eigenvalue weighted by Gasteiger charge is -2.19. The van der Waals surface area contributed by atoms with Crippen LogP contribution in [0.25, 0.3) is 0 Å². The van der Waals surface area contributed by atoms with Gasteiger partial charge in [-0.3, -0.25) is 0 Å². The molecule has 0 aliphatic carbocycles. The Morgan fingerprint density at radius 3 is 2.56 bits per heavy atom. The lowest BCUT2D eigenvalue weighted by molar-refractivity contribution is 0.0600. The van der Waals surface area contributed by atoms with E-state index < -0.39 is 0 Å². The van der Waals surface area contributed by atoms with Gasteiger partial charge in [0.1, 0.15) is 12.4 Å². The molecule has 0 bridgehead atoms. The highest BCUT2D eigenvalue weighted by atomic mass is 32.1. The van der Waals surface area contributed by atoms with Crippen molar-refractivity contribution >= 4 is 29.0 Å². The van der Waals surface area contributed by atoms with E-state index in [-0.39, 0.29) is 12.0 Å². The standard InChI is InChI=1S/C19H22N2O3S/c1-13(12-24-15-8-5-4-6-9-15)20-19(25)21-17-11-7-10-16(14(17)2)18(22)23-3/h4-11,13H,12H2,1-3H3,(H2,20,21,25)/t13-/m1/s1. The number of methoxy groups -OCH3 is 1. The number of thiocarbonyl (C=S) groups is 1. The maximum absolute atomic E-state index is 11.8. The molecule has 0 aromatic heterocycles. The maximum Gasteiger partial charge on any atom is 0.338 e. The van der Waals surface area contributed by atoms with Crippen molar-refractivity contribution in [2.24, 2.45) is 0 Å². The quantitative estimate of drug-likeness (QED) is 0.608. The van der Waals surface area contributed by atoms with Crippen molar-refractivity contribution in [3.63, 3.8) is 0 Å². The number of rotatable bonds is 6. The third-order valence-electron chi connectivity index (χ3n) is 3.61. The van der Waals surface area contributed by atoms with Crippen molar-refractivity contribution in [2.75, 3.05) is 19.0 Å². The van der Waals surface area contributed by atoms with Crippen molar-refractivity contribution in [3.05, 3.63) is 59.7 Å². The molecule has 2 aromatic rings. The zero-order chi connectivity index (χ0) is 18.2. The Morgan fingerprint density at radius 1 is 1.16 bits per heavy atom. The third-order valence-corrected chi connectivity index (χ3v) is 3.83. The second-order valence-electron chi connectivity index (χ2n) is 5.59. The first-order valence-electron chi connectivity index (χ1n) is 7.94. The Morgan fingerprint density at radius 2 is 1.88 bits per heavy atom. The summed E-state index contributed by atoms with van der Waals surface area (Å²) in [5.74, 6) is 0.446. The summed E-state index contributed by atoms with van der Waals surface area (Å²) in [6, 6.07) is 15.0.